The first kappa shape index (κ1) is 12.9. The van der Waals surface area contributed by atoms with Gasteiger partial charge in [0.15, 0.2) is 0 Å². The van der Waals surface area contributed by atoms with Crippen LogP contribution in [0.5, 0.6) is 0 Å². The second-order valence-electron chi connectivity index (χ2n) is 5.68. The van der Waals surface area contributed by atoms with Gasteiger partial charge >= 0.3 is 0 Å². The molecule has 1 aliphatic rings. The minimum Gasteiger partial charge on any atom is -0.397 e. The number of rotatable bonds is 1. The Kier molecular flexibility index (Phi) is 2.90. The molecule has 0 bridgehead atoms. The van der Waals surface area contributed by atoms with Crippen molar-refractivity contribution in [3.8, 4) is 0 Å². The van der Waals surface area contributed by atoms with Crippen molar-refractivity contribution in [1.29, 1.82) is 0 Å². The fraction of sp³-hybridized carbons (Fsp3) is 0.429. The van der Waals surface area contributed by atoms with Crippen molar-refractivity contribution >= 4 is 22.3 Å². The summed E-state index contributed by atoms with van der Waals surface area (Å²) >= 11 is 0. The Morgan fingerprint density at radius 3 is 3.00 bits per heavy atom. The van der Waals surface area contributed by atoms with Crippen LogP contribution in [0.4, 0.5) is 11.4 Å². The average Bonchev–Trinajstić information content (AvgIpc) is 2.39. The molecule has 1 saturated heterocycles. The predicted octanol–water partition coefficient (Wildman–Crippen LogP) is 1.12. The Morgan fingerprint density at radius 2 is 2.25 bits per heavy atom. The topological polar surface area (TPSA) is 84.2 Å². The number of fused-ring (bicyclic) bond motifs is 1. The molecule has 6 nitrogen and oxygen atoms in total. The first-order valence-corrected chi connectivity index (χ1v) is 6.61. The second-order valence-corrected chi connectivity index (χ2v) is 5.68. The molecular formula is C14H18N4O2. The third-order valence-electron chi connectivity index (χ3n) is 3.72. The van der Waals surface area contributed by atoms with Crippen molar-refractivity contribution < 1.29 is 4.74 Å². The van der Waals surface area contributed by atoms with Crippen LogP contribution in [0.15, 0.2) is 23.3 Å². The van der Waals surface area contributed by atoms with E-state index in [4.69, 9.17) is 10.5 Å². The Labute approximate surface area is 116 Å². The molecule has 3 N–H and O–H groups in total. The Balaban J connectivity index is 2.16. The maximum Gasteiger partial charge on any atom is 0.258 e. The van der Waals surface area contributed by atoms with Crippen LogP contribution in [0, 0.1) is 0 Å². The zero-order chi connectivity index (χ0) is 14.3. The number of nitrogens with one attached hydrogen (secondary N) is 1. The van der Waals surface area contributed by atoms with Gasteiger partial charge in [-0.3, -0.25) is 4.79 Å². The zero-order valence-electron chi connectivity index (χ0n) is 11.6. The van der Waals surface area contributed by atoms with E-state index in [1.807, 2.05) is 6.07 Å². The monoisotopic (exact) mass is 274 g/mol. The van der Waals surface area contributed by atoms with Gasteiger partial charge < -0.3 is 20.4 Å². The number of benzene rings is 1. The molecule has 3 rings (SSSR count). The number of morpholine rings is 1. The molecule has 1 aliphatic heterocycles. The molecule has 0 radical (unpaired) electrons. The molecular weight excluding hydrogens is 256 g/mol. The van der Waals surface area contributed by atoms with Crippen molar-refractivity contribution in [2.24, 2.45) is 0 Å². The van der Waals surface area contributed by atoms with Gasteiger partial charge in [0, 0.05) is 6.54 Å². The Morgan fingerprint density at radius 1 is 1.45 bits per heavy atom. The van der Waals surface area contributed by atoms with Crippen molar-refractivity contribution in [3.05, 3.63) is 28.8 Å². The third-order valence-corrected chi connectivity index (χ3v) is 3.72. The summed E-state index contributed by atoms with van der Waals surface area (Å²) in [5, 5.41) is 0.514. The van der Waals surface area contributed by atoms with Gasteiger partial charge in [-0.25, -0.2) is 4.98 Å². The van der Waals surface area contributed by atoms with Gasteiger partial charge in [0.05, 0.1) is 47.4 Å². The van der Waals surface area contributed by atoms with Gasteiger partial charge in [0.2, 0.25) is 0 Å². The number of hydrogen-bond acceptors (Lipinski definition) is 5. The lowest BCUT2D eigenvalue weighted by Crippen LogP contribution is -2.53. The quantitative estimate of drug-likeness (QED) is 0.761. The van der Waals surface area contributed by atoms with Crippen molar-refractivity contribution in [2.75, 3.05) is 30.4 Å². The first-order chi connectivity index (χ1) is 9.49. The van der Waals surface area contributed by atoms with E-state index in [9.17, 15) is 4.79 Å². The van der Waals surface area contributed by atoms with E-state index in [0.717, 1.165) is 12.2 Å². The molecule has 106 valence electrons. The second kappa shape index (κ2) is 4.49. The van der Waals surface area contributed by atoms with Crippen LogP contribution < -0.4 is 16.2 Å². The molecule has 0 spiro atoms. The van der Waals surface area contributed by atoms with Gasteiger partial charge in [-0.05, 0) is 26.0 Å². The lowest BCUT2D eigenvalue weighted by atomic mass is 10.0. The molecule has 2 heterocycles. The highest BCUT2D eigenvalue weighted by Crippen LogP contribution is 2.33. The van der Waals surface area contributed by atoms with E-state index in [0.29, 0.717) is 29.8 Å². The summed E-state index contributed by atoms with van der Waals surface area (Å²) in [4.78, 5) is 20.8. The van der Waals surface area contributed by atoms with Gasteiger partial charge in [0.1, 0.15) is 0 Å². The summed E-state index contributed by atoms with van der Waals surface area (Å²) in [6.07, 6.45) is 1.41. The maximum atomic E-state index is 11.8. The minimum atomic E-state index is -0.172. The lowest BCUT2D eigenvalue weighted by Gasteiger charge is -2.44. The number of ether oxygens (including phenoxy) is 1. The van der Waals surface area contributed by atoms with Gasteiger partial charge in [-0.1, -0.05) is 0 Å². The third kappa shape index (κ3) is 2.02. The SMILES string of the molecule is CC1(C)COCCN1c1cc2nc[nH]c(=O)c2cc1N. The number of aromatic amines is 1. The number of H-pyrrole nitrogens is 1. The molecule has 6 heteroatoms. The Bertz CT molecular complexity index is 708. The summed E-state index contributed by atoms with van der Waals surface area (Å²) in [5.74, 6) is 0. The highest BCUT2D eigenvalue weighted by molar-refractivity contribution is 5.88. The fourth-order valence-electron chi connectivity index (χ4n) is 2.66. The van der Waals surface area contributed by atoms with Crippen LogP contribution in [0.2, 0.25) is 0 Å². The van der Waals surface area contributed by atoms with E-state index in [1.54, 1.807) is 6.07 Å². The summed E-state index contributed by atoms with van der Waals surface area (Å²) in [6, 6.07) is 3.58. The largest absolute Gasteiger partial charge is 0.397 e. The number of aromatic nitrogens is 2. The summed E-state index contributed by atoms with van der Waals surface area (Å²) in [6.45, 7) is 6.31. The van der Waals surface area contributed by atoms with Gasteiger partial charge in [-0.2, -0.15) is 0 Å². The van der Waals surface area contributed by atoms with Crippen molar-refractivity contribution in [2.45, 2.75) is 19.4 Å². The standard InChI is InChI=1S/C14H18N4O2/c1-14(2)7-20-4-3-18(14)12-6-11-9(5-10(12)15)13(19)17-8-16-11/h5-6,8H,3-4,7,15H2,1-2H3,(H,16,17,19). The number of nitrogens with two attached hydrogens (primary N) is 1. The molecule has 20 heavy (non-hydrogen) atoms. The van der Waals surface area contributed by atoms with E-state index in [2.05, 4.69) is 28.7 Å². The van der Waals surface area contributed by atoms with E-state index in [1.165, 1.54) is 6.33 Å². The van der Waals surface area contributed by atoms with Crippen molar-refractivity contribution in [3.63, 3.8) is 0 Å². The summed E-state index contributed by atoms with van der Waals surface area (Å²) < 4.78 is 5.53. The van der Waals surface area contributed by atoms with Crippen molar-refractivity contribution in [1.82, 2.24) is 9.97 Å². The predicted molar refractivity (Wildman–Crippen MR) is 79.0 cm³/mol. The van der Waals surface area contributed by atoms with Gasteiger partial charge in [0.25, 0.3) is 5.56 Å². The fourth-order valence-corrected chi connectivity index (χ4v) is 2.66. The average molecular weight is 274 g/mol. The molecule has 0 atom stereocenters. The van der Waals surface area contributed by atoms with Gasteiger partial charge in [-0.15, -0.1) is 0 Å². The molecule has 0 saturated carbocycles. The van der Waals surface area contributed by atoms with Crippen LogP contribution in [0.1, 0.15) is 13.8 Å². The molecule has 1 fully saturated rings. The molecule has 1 aromatic heterocycles. The molecule has 1 aromatic carbocycles. The molecule has 0 unspecified atom stereocenters. The highest BCUT2D eigenvalue weighted by Gasteiger charge is 2.32. The molecule has 0 amide bonds. The number of nitrogens with zero attached hydrogens (tertiary/aromatic N) is 2. The van der Waals surface area contributed by atoms with Crippen LogP contribution in [0.3, 0.4) is 0 Å². The highest BCUT2D eigenvalue weighted by atomic mass is 16.5. The first-order valence-electron chi connectivity index (χ1n) is 6.61. The normalized spacial score (nSPS) is 18.4. The van der Waals surface area contributed by atoms with E-state index < -0.39 is 0 Å². The molecule has 2 aromatic rings. The van der Waals surface area contributed by atoms with E-state index in [-0.39, 0.29) is 11.1 Å². The number of nitrogen functional groups attached to an aromatic ring is 1. The number of hydrogen-bond donors (Lipinski definition) is 2. The van der Waals surface area contributed by atoms with Crippen LogP contribution in [-0.2, 0) is 4.74 Å². The Hall–Kier alpha value is -2.08. The van der Waals surface area contributed by atoms with Crippen LogP contribution >= 0.6 is 0 Å². The lowest BCUT2D eigenvalue weighted by molar-refractivity contribution is 0.0645. The van der Waals surface area contributed by atoms with E-state index >= 15 is 0 Å². The zero-order valence-corrected chi connectivity index (χ0v) is 11.6. The summed E-state index contributed by atoms with van der Waals surface area (Å²) in [7, 11) is 0. The smallest absolute Gasteiger partial charge is 0.258 e. The van der Waals surface area contributed by atoms with Crippen LogP contribution in [0.25, 0.3) is 10.9 Å². The molecule has 0 aliphatic carbocycles. The summed E-state index contributed by atoms with van der Waals surface area (Å²) in [5.41, 5.74) is 7.98. The minimum absolute atomic E-state index is 0.138. The van der Waals surface area contributed by atoms with Crippen LogP contribution in [-0.4, -0.2) is 35.3 Å². The maximum absolute atomic E-state index is 11.8. The number of anilines is 2.